The van der Waals surface area contributed by atoms with Crippen molar-refractivity contribution in [3.63, 3.8) is 0 Å². The fourth-order valence-corrected chi connectivity index (χ4v) is 5.26. The Hall–Kier alpha value is -3.00. The van der Waals surface area contributed by atoms with Crippen molar-refractivity contribution >= 4 is 75.8 Å². The van der Waals surface area contributed by atoms with Crippen molar-refractivity contribution < 1.29 is 47.7 Å². The van der Waals surface area contributed by atoms with Crippen LogP contribution in [0.4, 0.5) is 0 Å². The van der Waals surface area contributed by atoms with Gasteiger partial charge in [-0.2, -0.15) is 0 Å². The van der Waals surface area contributed by atoms with Gasteiger partial charge in [0.05, 0.1) is 4.91 Å². The lowest BCUT2D eigenvalue weighted by atomic mass is 9.96. The Morgan fingerprint density at radius 3 is 2.05 bits per heavy atom. The van der Waals surface area contributed by atoms with Crippen molar-refractivity contribution in [1.29, 1.82) is 0 Å². The van der Waals surface area contributed by atoms with E-state index in [0.29, 0.717) is 10.6 Å². The minimum Gasteiger partial charge on any atom is -0.463 e. The molecule has 5 unspecified atom stereocenters. The number of nitrogens with zero attached hydrogens (tertiary/aromatic N) is 1. The second-order valence-corrected chi connectivity index (χ2v) is 10.3. The monoisotopic (exact) mass is 585 g/mol. The Morgan fingerprint density at radius 1 is 0.947 bits per heavy atom. The molecule has 2 saturated heterocycles. The van der Waals surface area contributed by atoms with Gasteiger partial charge in [0.15, 0.2) is 28.9 Å². The van der Waals surface area contributed by atoms with Crippen LogP contribution in [-0.4, -0.2) is 76.3 Å². The molecule has 0 aromatic heterocycles. The summed E-state index contributed by atoms with van der Waals surface area (Å²) in [7, 11) is 0. The Kier molecular flexibility index (Phi) is 9.88. The molecular weight excluding hydrogens is 562 g/mol. The number of thiocarbonyl (C=S) groups is 1. The molecule has 0 radical (unpaired) electrons. The minimum absolute atomic E-state index is 0.0658. The second kappa shape index (κ2) is 12.7. The van der Waals surface area contributed by atoms with Crippen LogP contribution in [0.15, 0.2) is 29.2 Å². The third-order valence-electron chi connectivity index (χ3n) is 5.21. The van der Waals surface area contributed by atoms with Gasteiger partial charge in [0, 0.05) is 32.7 Å². The van der Waals surface area contributed by atoms with Crippen molar-refractivity contribution in [2.45, 2.75) is 58.3 Å². The first-order valence-corrected chi connectivity index (χ1v) is 12.8. The standard InChI is InChI=1S/C24H24ClNO10S2/c1-11(27)32-10-17-19(33-12(2)28)20(34-13(3)29)21(35-14(4)30)23(36-17)26-22(31)18(38-24(26)37)9-15-5-7-16(25)8-6-15/h5-9,17,19-21,23H,10H2,1-4H3/b18-9+. The zero-order chi connectivity index (χ0) is 28.1. The topological polar surface area (TPSA) is 135 Å². The molecule has 5 atom stereocenters. The third-order valence-corrected chi connectivity index (χ3v) is 6.79. The Morgan fingerprint density at radius 2 is 1.50 bits per heavy atom. The van der Waals surface area contributed by atoms with E-state index in [1.807, 2.05) is 0 Å². The molecule has 0 N–H and O–H groups in total. The Bertz CT molecular complexity index is 1170. The highest BCUT2D eigenvalue weighted by molar-refractivity contribution is 8.26. The maximum Gasteiger partial charge on any atom is 0.303 e. The molecule has 38 heavy (non-hydrogen) atoms. The zero-order valence-corrected chi connectivity index (χ0v) is 23.1. The molecule has 2 fully saturated rings. The van der Waals surface area contributed by atoms with Crippen molar-refractivity contribution in [3.05, 3.63) is 39.8 Å². The van der Waals surface area contributed by atoms with Crippen LogP contribution in [0.2, 0.25) is 5.02 Å². The first-order chi connectivity index (χ1) is 17.9. The zero-order valence-electron chi connectivity index (χ0n) is 20.7. The van der Waals surface area contributed by atoms with Gasteiger partial charge in [-0.05, 0) is 23.8 Å². The van der Waals surface area contributed by atoms with E-state index in [-0.39, 0.29) is 9.23 Å². The molecule has 0 saturated carbocycles. The number of halogens is 1. The molecule has 0 spiro atoms. The number of ether oxygens (including phenoxy) is 5. The van der Waals surface area contributed by atoms with E-state index in [0.717, 1.165) is 44.4 Å². The van der Waals surface area contributed by atoms with Crippen LogP contribution in [0.1, 0.15) is 33.3 Å². The largest absolute Gasteiger partial charge is 0.463 e. The smallest absolute Gasteiger partial charge is 0.303 e. The molecule has 204 valence electrons. The number of amides is 1. The van der Waals surface area contributed by atoms with Crippen molar-refractivity contribution in [2.24, 2.45) is 0 Å². The molecule has 11 nitrogen and oxygen atoms in total. The normalized spacial score (nSPS) is 26.2. The van der Waals surface area contributed by atoms with E-state index in [9.17, 15) is 24.0 Å². The maximum absolute atomic E-state index is 13.5. The van der Waals surface area contributed by atoms with Crippen molar-refractivity contribution in [1.82, 2.24) is 4.90 Å². The van der Waals surface area contributed by atoms with E-state index in [2.05, 4.69) is 0 Å². The van der Waals surface area contributed by atoms with E-state index < -0.39 is 67.0 Å². The second-order valence-electron chi connectivity index (χ2n) is 8.19. The molecule has 2 aliphatic rings. The number of thioether (sulfide) groups is 1. The molecule has 2 aliphatic heterocycles. The molecule has 0 aliphatic carbocycles. The van der Waals surface area contributed by atoms with Gasteiger partial charge in [0.1, 0.15) is 12.7 Å². The number of benzene rings is 1. The molecule has 1 aromatic rings. The predicted molar refractivity (Wildman–Crippen MR) is 138 cm³/mol. The van der Waals surface area contributed by atoms with Crippen LogP contribution < -0.4 is 0 Å². The summed E-state index contributed by atoms with van der Waals surface area (Å²) in [4.78, 5) is 62.3. The van der Waals surface area contributed by atoms with Crippen molar-refractivity contribution in [3.8, 4) is 0 Å². The van der Waals surface area contributed by atoms with Crippen LogP contribution in [-0.2, 0) is 47.7 Å². The molecule has 1 aromatic carbocycles. The fraction of sp³-hybridized carbons (Fsp3) is 0.417. The highest BCUT2D eigenvalue weighted by Crippen LogP contribution is 2.39. The fourth-order valence-electron chi connectivity index (χ4n) is 3.82. The van der Waals surface area contributed by atoms with Crippen molar-refractivity contribution in [2.75, 3.05) is 6.61 Å². The molecule has 3 rings (SSSR count). The number of carbonyl (C=O) groups excluding carboxylic acids is 5. The van der Waals surface area contributed by atoms with Gasteiger partial charge in [-0.15, -0.1) is 0 Å². The van der Waals surface area contributed by atoms with Crippen LogP contribution in [0.3, 0.4) is 0 Å². The van der Waals surface area contributed by atoms with Gasteiger partial charge in [0.2, 0.25) is 0 Å². The first kappa shape index (κ1) is 29.6. The van der Waals surface area contributed by atoms with E-state index in [1.54, 1.807) is 30.3 Å². The lowest BCUT2D eigenvalue weighted by Gasteiger charge is -2.46. The highest BCUT2D eigenvalue weighted by atomic mass is 35.5. The number of esters is 4. The summed E-state index contributed by atoms with van der Waals surface area (Å²) < 4.78 is 27.4. The Balaban J connectivity index is 2.04. The van der Waals surface area contributed by atoms with E-state index >= 15 is 0 Å². The van der Waals surface area contributed by atoms with Crippen LogP contribution in [0, 0.1) is 0 Å². The quantitative estimate of drug-likeness (QED) is 0.201. The van der Waals surface area contributed by atoms with Crippen LogP contribution in [0.25, 0.3) is 6.08 Å². The van der Waals surface area contributed by atoms with Gasteiger partial charge in [0.25, 0.3) is 5.91 Å². The van der Waals surface area contributed by atoms with Crippen LogP contribution >= 0.6 is 35.6 Å². The van der Waals surface area contributed by atoms with Gasteiger partial charge in [-0.1, -0.05) is 47.7 Å². The van der Waals surface area contributed by atoms with Gasteiger partial charge in [-0.3, -0.25) is 28.9 Å². The summed E-state index contributed by atoms with van der Waals surface area (Å²) in [6, 6.07) is 6.74. The number of carbonyl (C=O) groups is 5. The third kappa shape index (κ3) is 7.31. The first-order valence-electron chi connectivity index (χ1n) is 11.2. The van der Waals surface area contributed by atoms with Gasteiger partial charge in [-0.25, -0.2) is 0 Å². The molecule has 2 heterocycles. The average molecular weight is 586 g/mol. The molecule has 0 bridgehead atoms. The molecule has 14 heteroatoms. The summed E-state index contributed by atoms with van der Waals surface area (Å²) in [5.41, 5.74) is 0.677. The summed E-state index contributed by atoms with van der Waals surface area (Å²) in [6.45, 7) is 4.07. The average Bonchev–Trinajstić information content (AvgIpc) is 3.08. The highest BCUT2D eigenvalue weighted by Gasteiger charge is 2.56. The number of rotatable bonds is 7. The van der Waals surface area contributed by atoms with Gasteiger partial charge < -0.3 is 23.7 Å². The lowest BCUT2D eigenvalue weighted by Crippen LogP contribution is -2.66. The molecule has 1 amide bonds. The lowest BCUT2D eigenvalue weighted by molar-refractivity contribution is -0.268. The summed E-state index contributed by atoms with van der Waals surface area (Å²) >= 11 is 12.4. The SMILES string of the molecule is CC(=O)OCC1OC(N2C(=O)/C(=C\c3ccc(Cl)cc3)SC2=S)C(OC(C)=O)C(OC(C)=O)C1OC(C)=O. The molecular formula is C24H24ClNO10S2. The minimum atomic E-state index is -1.45. The van der Waals surface area contributed by atoms with Gasteiger partial charge >= 0.3 is 23.9 Å². The Labute approximate surface area is 232 Å². The number of hydrogen-bond donors (Lipinski definition) is 0. The predicted octanol–water partition coefficient (Wildman–Crippen LogP) is 2.62. The van der Waals surface area contributed by atoms with E-state index in [4.69, 9.17) is 47.5 Å². The summed E-state index contributed by atoms with van der Waals surface area (Å²) in [6.07, 6.45) is -5.26. The maximum atomic E-state index is 13.5. The summed E-state index contributed by atoms with van der Waals surface area (Å²) in [5, 5.41) is 0.521. The van der Waals surface area contributed by atoms with E-state index in [1.165, 1.54) is 0 Å². The van der Waals surface area contributed by atoms with Crippen LogP contribution in [0.5, 0.6) is 0 Å². The summed E-state index contributed by atoms with van der Waals surface area (Å²) in [5.74, 6) is -3.57. The number of hydrogen-bond acceptors (Lipinski definition) is 12.